The first-order chi connectivity index (χ1) is 13.1. The number of H-pyrrole nitrogens is 1. The minimum absolute atomic E-state index is 0.222. The molecule has 0 aliphatic rings. The molecule has 0 spiro atoms. The topological polar surface area (TPSA) is 62.0 Å². The molecule has 0 aliphatic carbocycles. The first-order valence-electron chi connectivity index (χ1n) is 8.41. The van der Waals surface area contributed by atoms with Gasteiger partial charge >= 0.3 is 0 Å². The minimum Gasteiger partial charge on any atom is -0.320 e. The Hall–Kier alpha value is -3.37. The summed E-state index contributed by atoms with van der Waals surface area (Å²) in [6, 6.07) is 23.6. The lowest BCUT2D eigenvalue weighted by atomic mass is 9.99. The van der Waals surface area contributed by atoms with Gasteiger partial charge in [0, 0.05) is 27.1 Å². The number of rotatable bonds is 3. The summed E-state index contributed by atoms with van der Waals surface area (Å²) in [5, 5.41) is 4.18. The molecular formula is C22H15ClN2O2. The third-order valence-electron chi connectivity index (χ3n) is 4.33. The van der Waals surface area contributed by atoms with Crippen molar-refractivity contribution in [3.05, 3.63) is 99.8 Å². The Bertz CT molecular complexity index is 1180. The molecule has 0 fully saturated rings. The van der Waals surface area contributed by atoms with Gasteiger partial charge in [-0.1, -0.05) is 60.1 Å². The van der Waals surface area contributed by atoms with Crippen molar-refractivity contribution in [2.45, 2.75) is 0 Å². The van der Waals surface area contributed by atoms with E-state index < -0.39 is 0 Å². The van der Waals surface area contributed by atoms with E-state index >= 15 is 0 Å². The van der Waals surface area contributed by atoms with E-state index in [4.69, 9.17) is 11.6 Å². The van der Waals surface area contributed by atoms with E-state index in [2.05, 4.69) is 10.3 Å². The molecule has 5 heteroatoms. The fourth-order valence-corrected chi connectivity index (χ4v) is 3.18. The molecular weight excluding hydrogens is 360 g/mol. The van der Waals surface area contributed by atoms with Crippen molar-refractivity contribution >= 4 is 34.1 Å². The second-order valence-electron chi connectivity index (χ2n) is 6.08. The zero-order valence-electron chi connectivity index (χ0n) is 14.2. The number of halogens is 1. The Morgan fingerprint density at radius 1 is 0.852 bits per heavy atom. The van der Waals surface area contributed by atoms with Crippen LogP contribution in [-0.2, 0) is 0 Å². The monoisotopic (exact) mass is 374 g/mol. The molecule has 4 aromatic rings. The average Bonchev–Trinajstić information content (AvgIpc) is 2.69. The number of nitrogens with one attached hydrogen (secondary N) is 2. The molecule has 3 aromatic carbocycles. The third kappa shape index (κ3) is 3.35. The van der Waals surface area contributed by atoms with Gasteiger partial charge in [0.15, 0.2) is 0 Å². The zero-order chi connectivity index (χ0) is 18.8. The molecule has 4 rings (SSSR count). The number of amides is 1. The highest BCUT2D eigenvalue weighted by atomic mass is 35.5. The average molecular weight is 375 g/mol. The number of anilines is 1. The van der Waals surface area contributed by atoms with Crippen LogP contribution in [0.4, 0.5) is 5.69 Å². The van der Waals surface area contributed by atoms with Crippen LogP contribution in [0.1, 0.15) is 10.4 Å². The lowest BCUT2D eigenvalue weighted by Gasteiger charge is -2.14. The summed E-state index contributed by atoms with van der Waals surface area (Å²) in [5.41, 5.74) is 2.55. The summed E-state index contributed by atoms with van der Waals surface area (Å²) in [7, 11) is 0. The molecule has 1 amide bonds. The normalized spacial score (nSPS) is 10.7. The molecule has 132 valence electrons. The van der Waals surface area contributed by atoms with Gasteiger partial charge < -0.3 is 10.3 Å². The largest absolute Gasteiger partial charge is 0.320 e. The molecule has 0 aliphatic heterocycles. The SMILES string of the molecule is O=C(Nc1c(-c2ccccc2)c2ccccc2[nH]c1=O)c1ccc(Cl)cc1. The Morgan fingerprint density at radius 3 is 2.26 bits per heavy atom. The summed E-state index contributed by atoms with van der Waals surface area (Å²) in [6.45, 7) is 0. The van der Waals surface area contributed by atoms with Crippen molar-refractivity contribution in [3.8, 4) is 11.1 Å². The smallest absolute Gasteiger partial charge is 0.272 e. The fourth-order valence-electron chi connectivity index (χ4n) is 3.05. The maximum Gasteiger partial charge on any atom is 0.272 e. The highest BCUT2D eigenvalue weighted by Gasteiger charge is 2.17. The Morgan fingerprint density at radius 2 is 1.52 bits per heavy atom. The molecule has 0 saturated carbocycles. The van der Waals surface area contributed by atoms with Gasteiger partial charge in [-0.2, -0.15) is 0 Å². The van der Waals surface area contributed by atoms with Gasteiger partial charge in [-0.25, -0.2) is 0 Å². The maximum atomic E-state index is 12.8. The quantitative estimate of drug-likeness (QED) is 0.524. The Kier molecular flexibility index (Phi) is 4.48. The highest BCUT2D eigenvalue weighted by Crippen LogP contribution is 2.32. The molecule has 0 unspecified atom stereocenters. The first kappa shape index (κ1) is 17.1. The van der Waals surface area contributed by atoms with Crippen LogP contribution in [0.5, 0.6) is 0 Å². The molecule has 1 heterocycles. The van der Waals surface area contributed by atoms with Gasteiger partial charge in [-0.3, -0.25) is 9.59 Å². The summed E-state index contributed by atoms with van der Waals surface area (Å²) < 4.78 is 0. The molecule has 0 atom stereocenters. The number of benzene rings is 3. The van der Waals surface area contributed by atoms with Crippen LogP contribution >= 0.6 is 11.6 Å². The minimum atomic E-state index is -0.371. The lowest BCUT2D eigenvalue weighted by Crippen LogP contribution is -2.21. The van der Waals surface area contributed by atoms with Crippen LogP contribution in [0, 0.1) is 0 Å². The fraction of sp³-hybridized carbons (Fsp3) is 0. The number of para-hydroxylation sites is 1. The van der Waals surface area contributed by atoms with E-state index in [0.29, 0.717) is 21.7 Å². The van der Waals surface area contributed by atoms with Crippen molar-refractivity contribution in [1.29, 1.82) is 0 Å². The maximum absolute atomic E-state index is 12.8. The van der Waals surface area contributed by atoms with Crippen LogP contribution in [0.25, 0.3) is 22.0 Å². The molecule has 27 heavy (non-hydrogen) atoms. The van der Waals surface area contributed by atoms with Gasteiger partial charge in [-0.15, -0.1) is 0 Å². The van der Waals surface area contributed by atoms with Crippen LogP contribution in [0.15, 0.2) is 83.7 Å². The summed E-state index contributed by atoms with van der Waals surface area (Å²) >= 11 is 5.89. The lowest BCUT2D eigenvalue weighted by molar-refractivity contribution is 0.102. The van der Waals surface area contributed by atoms with Crippen LogP contribution in [-0.4, -0.2) is 10.9 Å². The molecule has 2 N–H and O–H groups in total. The molecule has 0 saturated heterocycles. The van der Waals surface area contributed by atoms with Crippen molar-refractivity contribution < 1.29 is 4.79 Å². The Labute approximate surface area is 160 Å². The second-order valence-corrected chi connectivity index (χ2v) is 6.51. The second kappa shape index (κ2) is 7.09. The van der Waals surface area contributed by atoms with Gasteiger partial charge in [-0.05, 0) is 35.9 Å². The molecule has 0 bridgehead atoms. The number of hydrogen-bond acceptors (Lipinski definition) is 2. The molecule has 0 radical (unpaired) electrons. The number of carbonyl (C=O) groups excluding carboxylic acids is 1. The number of hydrogen-bond donors (Lipinski definition) is 2. The van der Waals surface area contributed by atoms with E-state index in [9.17, 15) is 9.59 Å². The number of aromatic nitrogens is 1. The van der Waals surface area contributed by atoms with Gasteiger partial charge in [0.25, 0.3) is 11.5 Å². The molecule has 1 aromatic heterocycles. The number of aromatic amines is 1. The standard InChI is InChI=1S/C22H15ClN2O2/c23-16-12-10-15(11-13-16)21(26)25-20-19(14-6-2-1-3-7-14)17-8-4-5-9-18(17)24-22(20)27/h1-13H,(H,24,27)(H,25,26). The summed E-state index contributed by atoms with van der Waals surface area (Å²) in [4.78, 5) is 28.3. The van der Waals surface area contributed by atoms with Crippen molar-refractivity contribution in [1.82, 2.24) is 4.98 Å². The molecule has 4 nitrogen and oxygen atoms in total. The summed E-state index contributed by atoms with van der Waals surface area (Å²) in [5.74, 6) is -0.371. The van der Waals surface area contributed by atoms with E-state index in [1.165, 1.54) is 0 Å². The zero-order valence-corrected chi connectivity index (χ0v) is 15.0. The van der Waals surface area contributed by atoms with Crippen molar-refractivity contribution in [2.24, 2.45) is 0 Å². The predicted molar refractivity (Wildman–Crippen MR) is 109 cm³/mol. The van der Waals surface area contributed by atoms with E-state index in [1.54, 1.807) is 24.3 Å². The van der Waals surface area contributed by atoms with Gasteiger partial charge in [0.1, 0.15) is 5.69 Å². The Balaban J connectivity index is 1.89. The van der Waals surface area contributed by atoms with E-state index in [-0.39, 0.29) is 17.2 Å². The number of pyridine rings is 1. The number of carbonyl (C=O) groups is 1. The predicted octanol–water partition coefficient (Wildman–Crippen LogP) is 5.10. The third-order valence-corrected chi connectivity index (χ3v) is 4.58. The van der Waals surface area contributed by atoms with E-state index in [1.807, 2.05) is 54.6 Å². The van der Waals surface area contributed by atoms with Gasteiger partial charge in [0.05, 0.1) is 0 Å². The first-order valence-corrected chi connectivity index (χ1v) is 8.78. The van der Waals surface area contributed by atoms with Gasteiger partial charge in [0.2, 0.25) is 0 Å². The van der Waals surface area contributed by atoms with Crippen LogP contribution in [0.2, 0.25) is 5.02 Å². The van der Waals surface area contributed by atoms with Crippen LogP contribution in [0.3, 0.4) is 0 Å². The van der Waals surface area contributed by atoms with Crippen LogP contribution < -0.4 is 10.9 Å². The highest BCUT2D eigenvalue weighted by molar-refractivity contribution is 6.30. The van der Waals surface area contributed by atoms with Crippen molar-refractivity contribution in [2.75, 3.05) is 5.32 Å². The van der Waals surface area contributed by atoms with E-state index in [0.717, 1.165) is 10.9 Å². The van der Waals surface area contributed by atoms with Crippen molar-refractivity contribution in [3.63, 3.8) is 0 Å². The summed E-state index contributed by atoms with van der Waals surface area (Å²) in [6.07, 6.45) is 0. The number of fused-ring (bicyclic) bond motifs is 1.